The van der Waals surface area contributed by atoms with Crippen LogP contribution in [0.2, 0.25) is 0 Å². The summed E-state index contributed by atoms with van der Waals surface area (Å²) in [5.41, 5.74) is 1.01. The van der Waals surface area contributed by atoms with E-state index in [4.69, 9.17) is 4.74 Å². The van der Waals surface area contributed by atoms with Crippen LogP contribution in [0, 0.1) is 5.92 Å². The third-order valence-electron chi connectivity index (χ3n) is 4.16. The molecule has 2 amide bonds. The molecule has 1 saturated heterocycles. The largest absolute Gasteiger partial charge is 0.497 e. The van der Waals surface area contributed by atoms with Crippen molar-refractivity contribution in [1.29, 1.82) is 0 Å². The number of hydrogen-bond acceptors (Lipinski definition) is 3. The SMILES string of the molecule is COc1ccc(CCN2C[C@@H](C(=O)NCC(F)(F)F)CCC2=O)cc1. The summed E-state index contributed by atoms with van der Waals surface area (Å²) < 4.78 is 41.7. The lowest BCUT2D eigenvalue weighted by Crippen LogP contribution is -2.47. The standard InChI is InChI=1S/C17H21F3N2O3/c1-25-14-5-2-12(3-6-14)8-9-22-10-13(4-7-15(22)23)16(24)21-11-17(18,19)20/h2-3,5-6,13H,4,7-11H2,1H3,(H,21,24)/t13-/m0/s1. The molecular formula is C17H21F3N2O3. The minimum Gasteiger partial charge on any atom is -0.497 e. The highest BCUT2D eigenvalue weighted by Crippen LogP contribution is 2.20. The van der Waals surface area contributed by atoms with Gasteiger partial charge in [-0.05, 0) is 30.5 Å². The maximum Gasteiger partial charge on any atom is 0.405 e. The van der Waals surface area contributed by atoms with Crippen molar-refractivity contribution in [1.82, 2.24) is 10.2 Å². The molecule has 1 N–H and O–H groups in total. The van der Waals surface area contributed by atoms with E-state index in [1.54, 1.807) is 12.0 Å². The third kappa shape index (κ3) is 5.95. The highest BCUT2D eigenvalue weighted by atomic mass is 19.4. The van der Waals surface area contributed by atoms with Crippen LogP contribution in [0.25, 0.3) is 0 Å². The number of methoxy groups -OCH3 is 1. The summed E-state index contributed by atoms with van der Waals surface area (Å²) in [4.78, 5) is 25.4. The van der Waals surface area contributed by atoms with Crippen molar-refractivity contribution in [2.45, 2.75) is 25.4 Å². The average molecular weight is 358 g/mol. The fourth-order valence-corrected chi connectivity index (χ4v) is 2.73. The van der Waals surface area contributed by atoms with E-state index >= 15 is 0 Å². The number of halogens is 3. The number of carbonyl (C=O) groups excluding carboxylic acids is 2. The molecule has 8 heteroatoms. The van der Waals surface area contributed by atoms with Crippen molar-refractivity contribution in [3.63, 3.8) is 0 Å². The van der Waals surface area contributed by atoms with Crippen molar-refractivity contribution in [3.05, 3.63) is 29.8 Å². The van der Waals surface area contributed by atoms with E-state index < -0.39 is 24.5 Å². The number of likely N-dealkylation sites (tertiary alicyclic amines) is 1. The number of rotatable bonds is 6. The fraction of sp³-hybridized carbons (Fsp3) is 0.529. The van der Waals surface area contributed by atoms with Crippen LogP contribution in [-0.4, -0.2) is 49.6 Å². The quantitative estimate of drug-likeness (QED) is 0.848. The van der Waals surface area contributed by atoms with Gasteiger partial charge in [-0.2, -0.15) is 13.2 Å². The molecule has 0 saturated carbocycles. The minimum absolute atomic E-state index is 0.0756. The summed E-state index contributed by atoms with van der Waals surface area (Å²) >= 11 is 0. The smallest absolute Gasteiger partial charge is 0.405 e. The van der Waals surface area contributed by atoms with Gasteiger partial charge in [0, 0.05) is 19.5 Å². The van der Waals surface area contributed by atoms with Crippen LogP contribution in [0.15, 0.2) is 24.3 Å². The third-order valence-corrected chi connectivity index (χ3v) is 4.16. The van der Waals surface area contributed by atoms with E-state index in [1.165, 1.54) is 0 Å². The first kappa shape index (κ1) is 19.1. The summed E-state index contributed by atoms with van der Waals surface area (Å²) in [6.45, 7) is -0.769. The van der Waals surface area contributed by atoms with Gasteiger partial charge < -0.3 is 15.0 Å². The van der Waals surface area contributed by atoms with E-state index in [-0.39, 0.29) is 25.3 Å². The first-order valence-electron chi connectivity index (χ1n) is 8.03. The molecule has 1 heterocycles. The summed E-state index contributed by atoms with van der Waals surface area (Å²) in [5.74, 6) is -0.595. The Labute approximate surface area is 144 Å². The molecule has 0 aliphatic carbocycles. The number of amides is 2. The number of ether oxygens (including phenoxy) is 1. The first-order chi connectivity index (χ1) is 11.8. The van der Waals surface area contributed by atoms with Crippen molar-refractivity contribution in [2.24, 2.45) is 5.92 Å². The number of carbonyl (C=O) groups is 2. The van der Waals surface area contributed by atoms with Gasteiger partial charge in [0.25, 0.3) is 0 Å². The fourth-order valence-electron chi connectivity index (χ4n) is 2.73. The number of alkyl halides is 3. The van der Waals surface area contributed by atoms with Crippen LogP contribution in [0.4, 0.5) is 13.2 Å². The molecule has 1 aromatic carbocycles. The van der Waals surface area contributed by atoms with Crippen LogP contribution < -0.4 is 10.1 Å². The zero-order valence-electron chi connectivity index (χ0n) is 13.9. The van der Waals surface area contributed by atoms with Crippen molar-refractivity contribution in [2.75, 3.05) is 26.7 Å². The molecule has 138 valence electrons. The first-order valence-corrected chi connectivity index (χ1v) is 8.03. The molecule has 1 atom stereocenters. The second-order valence-electron chi connectivity index (χ2n) is 6.01. The summed E-state index contributed by atoms with van der Waals surface area (Å²) in [7, 11) is 1.57. The second kappa shape index (κ2) is 8.22. The van der Waals surface area contributed by atoms with Crippen molar-refractivity contribution < 1.29 is 27.5 Å². The Morgan fingerprint density at radius 3 is 2.60 bits per heavy atom. The van der Waals surface area contributed by atoms with E-state index in [0.29, 0.717) is 13.0 Å². The van der Waals surface area contributed by atoms with Crippen molar-refractivity contribution >= 4 is 11.8 Å². The molecular weight excluding hydrogens is 337 g/mol. The Balaban J connectivity index is 1.86. The molecule has 0 aromatic heterocycles. The normalized spacial score (nSPS) is 18.2. The number of hydrogen-bond donors (Lipinski definition) is 1. The summed E-state index contributed by atoms with van der Waals surface area (Å²) in [6, 6.07) is 7.42. The number of benzene rings is 1. The highest BCUT2D eigenvalue weighted by molar-refractivity contribution is 5.83. The maximum atomic E-state index is 12.2. The number of nitrogens with zero attached hydrogens (tertiary/aromatic N) is 1. The zero-order valence-corrected chi connectivity index (χ0v) is 13.9. The van der Waals surface area contributed by atoms with Crippen LogP contribution in [0.3, 0.4) is 0 Å². The van der Waals surface area contributed by atoms with Crippen LogP contribution in [0.1, 0.15) is 18.4 Å². The highest BCUT2D eigenvalue weighted by Gasteiger charge is 2.33. The molecule has 0 bridgehead atoms. The van der Waals surface area contributed by atoms with Crippen LogP contribution >= 0.6 is 0 Å². The lowest BCUT2D eigenvalue weighted by atomic mass is 9.96. The molecule has 1 aliphatic rings. The molecule has 1 aliphatic heterocycles. The molecule has 2 rings (SSSR count). The van der Waals surface area contributed by atoms with Gasteiger partial charge in [0.05, 0.1) is 13.0 Å². The lowest BCUT2D eigenvalue weighted by Gasteiger charge is -2.32. The number of nitrogens with one attached hydrogen (secondary N) is 1. The number of piperidine rings is 1. The van der Waals surface area contributed by atoms with Crippen molar-refractivity contribution in [3.8, 4) is 5.75 Å². The second-order valence-corrected chi connectivity index (χ2v) is 6.01. The van der Waals surface area contributed by atoms with Gasteiger partial charge in [-0.3, -0.25) is 9.59 Å². The predicted octanol–water partition coefficient (Wildman–Crippen LogP) is 2.15. The van der Waals surface area contributed by atoms with Gasteiger partial charge in [0.2, 0.25) is 11.8 Å². The Hall–Kier alpha value is -2.25. The van der Waals surface area contributed by atoms with Crippen LogP contribution in [-0.2, 0) is 16.0 Å². The lowest BCUT2D eigenvalue weighted by molar-refractivity contribution is -0.145. The molecule has 5 nitrogen and oxygen atoms in total. The van der Waals surface area contributed by atoms with Gasteiger partial charge in [0.1, 0.15) is 12.3 Å². The van der Waals surface area contributed by atoms with Gasteiger partial charge in [0.15, 0.2) is 0 Å². The summed E-state index contributed by atoms with van der Waals surface area (Å²) in [5, 5.41) is 1.90. The topological polar surface area (TPSA) is 58.6 Å². The Morgan fingerprint density at radius 1 is 1.32 bits per heavy atom. The van der Waals surface area contributed by atoms with Gasteiger partial charge >= 0.3 is 6.18 Å². The minimum atomic E-state index is -4.44. The van der Waals surface area contributed by atoms with Gasteiger partial charge in [-0.1, -0.05) is 12.1 Å². The predicted molar refractivity (Wildman–Crippen MR) is 85.1 cm³/mol. The van der Waals surface area contributed by atoms with E-state index in [0.717, 1.165) is 11.3 Å². The van der Waals surface area contributed by atoms with Gasteiger partial charge in [-0.15, -0.1) is 0 Å². The van der Waals surface area contributed by atoms with E-state index in [2.05, 4.69) is 0 Å². The molecule has 1 fully saturated rings. The molecule has 0 radical (unpaired) electrons. The Kier molecular flexibility index (Phi) is 6.27. The molecule has 1 aromatic rings. The Morgan fingerprint density at radius 2 is 2.00 bits per heavy atom. The monoisotopic (exact) mass is 358 g/mol. The summed E-state index contributed by atoms with van der Waals surface area (Å²) in [6.07, 6.45) is -3.38. The zero-order chi connectivity index (χ0) is 18.4. The van der Waals surface area contributed by atoms with E-state index in [1.807, 2.05) is 29.6 Å². The molecule has 0 unspecified atom stereocenters. The van der Waals surface area contributed by atoms with Crippen LogP contribution in [0.5, 0.6) is 5.75 Å². The average Bonchev–Trinajstić information content (AvgIpc) is 2.58. The van der Waals surface area contributed by atoms with E-state index in [9.17, 15) is 22.8 Å². The molecule has 0 spiro atoms. The maximum absolute atomic E-state index is 12.2. The van der Waals surface area contributed by atoms with Gasteiger partial charge in [-0.25, -0.2) is 0 Å². The Bertz CT molecular complexity index is 602. The molecule has 25 heavy (non-hydrogen) atoms.